The van der Waals surface area contributed by atoms with Crippen LogP contribution in [0.1, 0.15) is 12.5 Å². The van der Waals surface area contributed by atoms with Gasteiger partial charge >= 0.3 is 0 Å². The first-order valence-corrected chi connectivity index (χ1v) is 5.35. The van der Waals surface area contributed by atoms with Gasteiger partial charge in [-0.25, -0.2) is 0 Å². The van der Waals surface area contributed by atoms with Gasteiger partial charge in [-0.05, 0) is 6.42 Å². The number of hydrogen-bond donors (Lipinski definition) is 0. The second-order valence-electron chi connectivity index (χ2n) is 3.47. The molecule has 0 atom stereocenters. The van der Waals surface area contributed by atoms with Crippen LogP contribution in [0.4, 0.5) is 0 Å². The summed E-state index contributed by atoms with van der Waals surface area (Å²) in [7, 11) is 3.27. The summed E-state index contributed by atoms with van der Waals surface area (Å²) in [6.07, 6.45) is 0.822. The number of methoxy groups -OCH3 is 2. The molecule has 0 amide bonds. The average Bonchev–Trinajstić information content (AvgIpc) is 2.36. The number of rotatable bonds is 3. The molecular weight excluding hydrogens is 208 g/mol. The lowest BCUT2D eigenvalue weighted by Gasteiger charge is -2.23. The quantitative estimate of drug-likeness (QED) is 0.787. The van der Waals surface area contributed by atoms with Gasteiger partial charge in [-0.3, -0.25) is 0 Å². The zero-order chi connectivity index (χ0) is 11.5. The van der Waals surface area contributed by atoms with E-state index in [1.165, 1.54) is 0 Å². The second kappa shape index (κ2) is 4.51. The van der Waals surface area contributed by atoms with Gasteiger partial charge in [0.1, 0.15) is 19.0 Å². The molecule has 1 aliphatic heterocycles. The van der Waals surface area contributed by atoms with Gasteiger partial charge in [0.05, 0.1) is 14.2 Å². The Balaban J connectivity index is 2.59. The Kier molecular flexibility index (Phi) is 3.08. The molecular formula is C12H16O4. The minimum atomic E-state index is 0.554. The van der Waals surface area contributed by atoms with Crippen LogP contribution in [0.5, 0.6) is 23.0 Å². The molecule has 1 heterocycles. The largest absolute Gasteiger partial charge is 0.496 e. The molecule has 0 spiro atoms. The third-order valence-corrected chi connectivity index (χ3v) is 2.63. The maximum Gasteiger partial charge on any atom is 0.204 e. The van der Waals surface area contributed by atoms with Crippen molar-refractivity contribution in [1.29, 1.82) is 0 Å². The Morgan fingerprint density at radius 3 is 2.56 bits per heavy atom. The molecule has 0 aliphatic carbocycles. The van der Waals surface area contributed by atoms with E-state index < -0.39 is 0 Å². The summed E-state index contributed by atoms with van der Waals surface area (Å²) < 4.78 is 21.8. The lowest BCUT2D eigenvalue weighted by atomic mass is 10.1. The fourth-order valence-electron chi connectivity index (χ4n) is 1.90. The van der Waals surface area contributed by atoms with Crippen molar-refractivity contribution in [3.05, 3.63) is 11.6 Å². The van der Waals surface area contributed by atoms with Gasteiger partial charge in [0.2, 0.25) is 5.75 Å². The van der Waals surface area contributed by atoms with Crippen LogP contribution in [0.2, 0.25) is 0 Å². The monoisotopic (exact) mass is 224 g/mol. The van der Waals surface area contributed by atoms with E-state index in [1.54, 1.807) is 14.2 Å². The van der Waals surface area contributed by atoms with Crippen molar-refractivity contribution in [2.75, 3.05) is 27.4 Å². The van der Waals surface area contributed by atoms with Gasteiger partial charge in [0, 0.05) is 11.6 Å². The fraction of sp³-hybridized carbons (Fsp3) is 0.500. The van der Waals surface area contributed by atoms with Gasteiger partial charge in [-0.15, -0.1) is 0 Å². The first kappa shape index (κ1) is 10.9. The predicted octanol–water partition coefficient (Wildman–Crippen LogP) is 2.04. The third-order valence-electron chi connectivity index (χ3n) is 2.63. The fourth-order valence-corrected chi connectivity index (χ4v) is 1.90. The van der Waals surface area contributed by atoms with E-state index in [2.05, 4.69) is 6.92 Å². The minimum Gasteiger partial charge on any atom is -0.496 e. The predicted molar refractivity (Wildman–Crippen MR) is 59.9 cm³/mol. The van der Waals surface area contributed by atoms with Crippen molar-refractivity contribution < 1.29 is 18.9 Å². The van der Waals surface area contributed by atoms with Crippen molar-refractivity contribution in [2.45, 2.75) is 13.3 Å². The number of hydrogen-bond acceptors (Lipinski definition) is 4. The Labute approximate surface area is 95.1 Å². The van der Waals surface area contributed by atoms with Crippen molar-refractivity contribution in [2.24, 2.45) is 0 Å². The maximum atomic E-state index is 5.58. The molecule has 4 nitrogen and oxygen atoms in total. The van der Waals surface area contributed by atoms with Crippen molar-refractivity contribution >= 4 is 0 Å². The molecule has 1 aromatic rings. The Morgan fingerprint density at radius 2 is 1.94 bits per heavy atom. The molecule has 0 aromatic heterocycles. The molecule has 2 rings (SSSR count). The average molecular weight is 224 g/mol. The van der Waals surface area contributed by atoms with Gasteiger partial charge in [-0.2, -0.15) is 0 Å². The molecule has 1 aromatic carbocycles. The molecule has 0 bridgehead atoms. The molecule has 1 aliphatic rings. The van der Waals surface area contributed by atoms with Crippen LogP contribution in [-0.2, 0) is 6.42 Å². The van der Waals surface area contributed by atoms with Crippen LogP contribution < -0.4 is 18.9 Å². The van der Waals surface area contributed by atoms with Gasteiger partial charge in [0.15, 0.2) is 11.5 Å². The summed E-state index contributed by atoms with van der Waals surface area (Å²) in [4.78, 5) is 0. The minimum absolute atomic E-state index is 0.554. The number of benzene rings is 1. The van der Waals surface area contributed by atoms with Gasteiger partial charge < -0.3 is 18.9 Å². The van der Waals surface area contributed by atoms with Crippen LogP contribution in [0, 0.1) is 0 Å². The highest BCUT2D eigenvalue weighted by Gasteiger charge is 2.23. The maximum absolute atomic E-state index is 5.58. The summed E-state index contributed by atoms with van der Waals surface area (Å²) in [5.41, 5.74) is 1.01. The van der Waals surface area contributed by atoms with Crippen molar-refractivity contribution in [1.82, 2.24) is 0 Å². The number of ether oxygens (including phenoxy) is 4. The molecule has 16 heavy (non-hydrogen) atoms. The molecule has 0 N–H and O–H groups in total. The molecule has 4 heteroatoms. The first-order valence-electron chi connectivity index (χ1n) is 5.35. The number of fused-ring (bicyclic) bond motifs is 1. The van der Waals surface area contributed by atoms with E-state index >= 15 is 0 Å². The van der Waals surface area contributed by atoms with E-state index in [0.717, 1.165) is 23.5 Å². The van der Waals surface area contributed by atoms with Gasteiger partial charge in [0.25, 0.3) is 0 Å². The third kappa shape index (κ3) is 1.64. The highest BCUT2D eigenvalue weighted by molar-refractivity contribution is 5.62. The highest BCUT2D eigenvalue weighted by atomic mass is 16.6. The lowest BCUT2D eigenvalue weighted by molar-refractivity contribution is 0.163. The Morgan fingerprint density at radius 1 is 1.19 bits per heavy atom. The summed E-state index contributed by atoms with van der Waals surface area (Å²) in [6, 6.07) is 1.86. The normalized spacial score (nSPS) is 13.4. The van der Waals surface area contributed by atoms with Crippen LogP contribution in [0.25, 0.3) is 0 Å². The SMILES string of the molecule is CCc1c(OC)cc2c(c1OC)OCCO2. The summed E-state index contributed by atoms with van der Waals surface area (Å²) in [5.74, 6) is 2.88. The van der Waals surface area contributed by atoms with E-state index in [-0.39, 0.29) is 0 Å². The Hall–Kier alpha value is -1.58. The van der Waals surface area contributed by atoms with Crippen LogP contribution in [-0.4, -0.2) is 27.4 Å². The molecule has 88 valence electrons. The van der Waals surface area contributed by atoms with E-state index in [0.29, 0.717) is 24.7 Å². The standard InChI is InChI=1S/C12H16O4/c1-4-8-9(13-2)7-10-12(11(8)14-3)16-6-5-15-10/h7H,4-6H2,1-3H3. The second-order valence-corrected chi connectivity index (χ2v) is 3.47. The van der Waals surface area contributed by atoms with Crippen molar-refractivity contribution in [3.8, 4) is 23.0 Å². The molecule has 0 unspecified atom stereocenters. The topological polar surface area (TPSA) is 36.9 Å². The molecule has 0 radical (unpaired) electrons. The van der Waals surface area contributed by atoms with Crippen LogP contribution >= 0.6 is 0 Å². The van der Waals surface area contributed by atoms with E-state index in [1.807, 2.05) is 6.07 Å². The zero-order valence-electron chi connectivity index (χ0n) is 9.83. The van der Waals surface area contributed by atoms with E-state index in [9.17, 15) is 0 Å². The molecule has 0 fully saturated rings. The summed E-state index contributed by atoms with van der Waals surface area (Å²) >= 11 is 0. The highest BCUT2D eigenvalue weighted by Crippen LogP contribution is 2.46. The smallest absolute Gasteiger partial charge is 0.204 e. The zero-order valence-corrected chi connectivity index (χ0v) is 9.83. The summed E-state index contributed by atoms with van der Waals surface area (Å²) in [5, 5.41) is 0. The summed E-state index contributed by atoms with van der Waals surface area (Å²) in [6.45, 7) is 3.17. The van der Waals surface area contributed by atoms with E-state index in [4.69, 9.17) is 18.9 Å². The lowest BCUT2D eigenvalue weighted by Crippen LogP contribution is -2.16. The van der Waals surface area contributed by atoms with Gasteiger partial charge in [-0.1, -0.05) is 6.92 Å². The van der Waals surface area contributed by atoms with Crippen LogP contribution in [0.3, 0.4) is 0 Å². The first-order chi connectivity index (χ1) is 7.81. The van der Waals surface area contributed by atoms with Crippen LogP contribution in [0.15, 0.2) is 6.07 Å². The molecule has 0 saturated carbocycles. The molecule has 0 saturated heterocycles. The van der Waals surface area contributed by atoms with Crippen molar-refractivity contribution in [3.63, 3.8) is 0 Å². The Bertz CT molecular complexity index is 373.